The molecule has 0 aliphatic heterocycles. The standard InChI is InChI=1S/C16H28N2S/c1-7-14-12(6)19-15(17-14)16(18-11(4)5)8-13(9-16)10(2)3/h10-11,13,18H,7-9H2,1-6H3. The Morgan fingerprint density at radius 3 is 2.37 bits per heavy atom. The molecule has 1 fully saturated rings. The molecule has 0 atom stereocenters. The van der Waals surface area contributed by atoms with Crippen molar-refractivity contribution < 1.29 is 0 Å². The average Bonchev–Trinajstić information content (AvgIpc) is 2.63. The maximum atomic E-state index is 4.93. The monoisotopic (exact) mass is 280 g/mol. The number of hydrogen-bond donors (Lipinski definition) is 1. The van der Waals surface area contributed by atoms with E-state index in [0.717, 1.165) is 18.3 Å². The minimum Gasteiger partial charge on any atom is -0.303 e. The molecule has 0 aromatic carbocycles. The average molecular weight is 280 g/mol. The summed E-state index contributed by atoms with van der Waals surface area (Å²) < 4.78 is 0. The predicted molar refractivity (Wildman–Crippen MR) is 83.7 cm³/mol. The first-order valence-corrected chi connectivity index (χ1v) is 8.44. The molecule has 108 valence electrons. The Hall–Kier alpha value is -0.410. The van der Waals surface area contributed by atoms with Gasteiger partial charge >= 0.3 is 0 Å². The van der Waals surface area contributed by atoms with Crippen LogP contribution in [0.3, 0.4) is 0 Å². The normalized spacial score (nSPS) is 27.1. The van der Waals surface area contributed by atoms with Crippen LogP contribution in [-0.2, 0) is 12.0 Å². The maximum absolute atomic E-state index is 4.93. The smallest absolute Gasteiger partial charge is 0.113 e. The van der Waals surface area contributed by atoms with E-state index in [9.17, 15) is 0 Å². The first-order chi connectivity index (χ1) is 8.88. The molecule has 1 aromatic rings. The summed E-state index contributed by atoms with van der Waals surface area (Å²) in [6, 6.07) is 0.516. The Kier molecular flexibility index (Phi) is 4.36. The van der Waals surface area contributed by atoms with E-state index in [1.165, 1.54) is 28.4 Å². The van der Waals surface area contributed by atoms with E-state index in [4.69, 9.17) is 4.98 Å². The summed E-state index contributed by atoms with van der Waals surface area (Å²) in [7, 11) is 0. The van der Waals surface area contributed by atoms with Gasteiger partial charge in [-0.1, -0.05) is 20.8 Å². The number of nitrogens with zero attached hydrogens (tertiary/aromatic N) is 1. The zero-order valence-electron chi connectivity index (χ0n) is 13.2. The van der Waals surface area contributed by atoms with Crippen molar-refractivity contribution in [3.63, 3.8) is 0 Å². The molecular formula is C16H28N2S. The third-order valence-corrected chi connectivity index (χ3v) is 5.58. The zero-order chi connectivity index (χ0) is 14.2. The van der Waals surface area contributed by atoms with E-state index in [1.54, 1.807) is 0 Å². The Balaban J connectivity index is 2.24. The van der Waals surface area contributed by atoms with Crippen molar-refractivity contribution in [2.45, 2.75) is 72.4 Å². The highest BCUT2D eigenvalue weighted by atomic mass is 32.1. The lowest BCUT2D eigenvalue weighted by Crippen LogP contribution is -2.55. The number of nitrogens with one attached hydrogen (secondary N) is 1. The summed E-state index contributed by atoms with van der Waals surface area (Å²) in [6.45, 7) is 13.6. The van der Waals surface area contributed by atoms with Crippen LogP contribution >= 0.6 is 11.3 Å². The van der Waals surface area contributed by atoms with Gasteiger partial charge < -0.3 is 5.32 Å². The molecule has 2 rings (SSSR count). The Bertz CT molecular complexity index is 428. The molecule has 0 amide bonds. The molecular weight excluding hydrogens is 252 g/mol. The van der Waals surface area contributed by atoms with E-state index >= 15 is 0 Å². The number of aromatic nitrogens is 1. The van der Waals surface area contributed by atoms with E-state index in [-0.39, 0.29) is 5.54 Å². The van der Waals surface area contributed by atoms with Crippen molar-refractivity contribution in [3.8, 4) is 0 Å². The van der Waals surface area contributed by atoms with Gasteiger partial charge in [-0.2, -0.15) is 0 Å². The lowest BCUT2D eigenvalue weighted by atomic mass is 9.64. The van der Waals surface area contributed by atoms with E-state index in [1.807, 2.05) is 11.3 Å². The second-order valence-electron chi connectivity index (χ2n) is 6.67. The third kappa shape index (κ3) is 2.87. The van der Waals surface area contributed by atoms with Crippen molar-refractivity contribution >= 4 is 11.3 Å². The summed E-state index contributed by atoms with van der Waals surface area (Å²) in [5, 5.41) is 5.13. The molecule has 1 heterocycles. The molecule has 19 heavy (non-hydrogen) atoms. The van der Waals surface area contributed by atoms with Crippen molar-refractivity contribution in [2.75, 3.05) is 0 Å². The molecule has 1 aliphatic rings. The Labute approximate surface area is 122 Å². The number of aryl methyl sites for hydroxylation is 2. The second kappa shape index (κ2) is 5.53. The minimum atomic E-state index is 0.159. The van der Waals surface area contributed by atoms with Crippen LogP contribution < -0.4 is 5.32 Å². The topological polar surface area (TPSA) is 24.9 Å². The fourth-order valence-electron chi connectivity index (χ4n) is 3.17. The lowest BCUT2D eigenvalue weighted by molar-refractivity contribution is 0.0597. The Morgan fingerprint density at radius 2 is 1.95 bits per heavy atom. The maximum Gasteiger partial charge on any atom is 0.113 e. The molecule has 0 unspecified atom stereocenters. The van der Waals surface area contributed by atoms with Crippen molar-refractivity contribution in [2.24, 2.45) is 11.8 Å². The van der Waals surface area contributed by atoms with Gasteiger partial charge in [0.25, 0.3) is 0 Å². The SMILES string of the molecule is CCc1nc(C2(NC(C)C)CC(C(C)C)C2)sc1C. The summed E-state index contributed by atoms with van der Waals surface area (Å²) in [4.78, 5) is 6.32. The van der Waals surface area contributed by atoms with Crippen LogP contribution in [0.1, 0.15) is 63.0 Å². The summed E-state index contributed by atoms with van der Waals surface area (Å²) in [5.74, 6) is 1.63. The van der Waals surface area contributed by atoms with Gasteiger partial charge in [-0.3, -0.25) is 0 Å². The Morgan fingerprint density at radius 1 is 1.32 bits per heavy atom. The molecule has 0 radical (unpaired) electrons. The van der Waals surface area contributed by atoms with Crippen LogP contribution in [0, 0.1) is 18.8 Å². The van der Waals surface area contributed by atoms with E-state index in [0.29, 0.717) is 6.04 Å². The van der Waals surface area contributed by atoms with Crippen LogP contribution in [0.5, 0.6) is 0 Å². The zero-order valence-corrected chi connectivity index (χ0v) is 14.0. The van der Waals surface area contributed by atoms with Gasteiger partial charge in [0.2, 0.25) is 0 Å². The van der Waals surface area contributed by atoms with Gasteiger partial charge in [0, 0.05) is 10.9 Å². The lowest BCUT2D eigenvalue weighted by Gasteiger charge is -2.50. The van der Waals surface area contributed by atoms with Crippen molar-refractivity contribution in [3.05, 3.63) is 15.6 Å². The van der Waals surface area contributed by atoms with Crippen LogP contribution in [0.4, 0.5) is 0 Å². The molecule has 1 aliphatic carbocycles. The molecule has 0 saturated heterocycles. The molecule has 0 bridgehead atoms. The fourth-order valence-corrected chi connectivity index (χ4v) is 4.35. The van der Waals surface area contributed by atoms with Crippen molar-refractivity contribution in [1.82, 2.24) is 10.3 Å². The van der Waals surface area contributed by atoms with Gasteiger partial charge in [-0.15, -0.1) is 11.3 Å². The predicted octanol–water partition coefficient (Wildman–Crippen LogP) is 4.27. The quantitative estimate of drug-likeness (QED) is 0.871. The van der Waals surface area contributed by atoms with Crippen LogP contribution in [-0.4, -0.2) is 11.0 Å². The minimum absolute atomic E-state index is 0.159. The summed E-state index contributed by atoms with van der Waals surface area (Å²) >= 11 is 1.90. The molecule has 1 N–H and O–H groups in total. The fraction of sp³-hybridized carbons (Fsp3) is 0.812. The largest absolute Gasteiger partial charge is 0.303 e. The van der Waals surface area contributed by atoms with Gasteiger partial charge in [-0.25, -0.2) is 4.98 Å². The van der Waals surface area contributed by atoms with Gasteiger partial charge in [0.15, 0.2) is 0 Å². The van der Waals surface area contributed by atoms with Crippen molar-refractivity contribution in [1.29, 1.82) is 0 Å². The van der Waals surface area contributed by atoms with Crippen LogP contribution in [0.15, 0.2) is 0 Å². The van der Waals surface area contributed by atoms with E-state index < -0.39 is 0 Å². The van der Waals surface area contributed by atoms with Gasteiger partial charge in [0.05, 0.1) is 11.2 Å². The molecule has 3 heteroatoms. The summed E-state index contributed by atoms with van der Waals surface area (Å²) in [6.07, 6.45) is 3.55. The van der Waals surface area contributed by atoms with Gasteiger partial charge in [-0.05, 0) is 51.9 Å². The number of thiazole rings is 1. The summed E-state index contributed by atoms with van der Waals surface area (Å²) in [5.41, 5.74) is 1.45. The first kappa shape index (κ1) is 15.0. The molecule has 1 saturated carbocycles. The molecule has 1 aromatic heterocycles. The van der Waals surface area contributed by atoms with Gasteiger partial charge in [0.1, 0.15) is 5.01 Å². The first-order valence-electron chi connectivity index (χ1n) is 7.62. The van der Waals surface area contributed by atoms with E-state index in [2.05, 4.69) is 46.9 Å². The number of rotatable bonds is 5. The third-order valence-electron chi connectivity index (χ3n) is 4.37. The highest BCUT2D eigenvalue weighted by molar-refractivity contribution is 7.11. The van der Waals surface area contributed by atoms with Crippen LogP contribution in [0.2, 0.25) is 0 Å². The second-order valence-corrected chi connectivity index (χ2v) is 7.87. The highest BCUT2D eigenvalue weighted by Crippen LogP contribution is 2.50. The van der Waals surface area contributed by atoms with Crippen LogP contribution in [0.25, 0.3) is 0 Å². The molecule has 2 nitrogen and oxygen atoms in total. The molecule has 0 spiro atoms. The highest BCUT2D eigenvalue weighted by Gasteiger charge is 2.48. The number of hydrogen-bond acceptors (Lipinski definition) is 3.